The smallest absolute Gasteiger partial charge is 0.287 e. The van der Waals surface area contributed by atoms with Gasteiger partial charge in [0.2, 0.25) is 5.91 Å². The number of hydrogen-bond acceptors (Lipinski definition) is 4. The Bertz CT molecular complexity index is 722. The van der Waals surface area contributed by atoms with E-state index in [1.54, 1.807) is 30.3 Å². The van der Waals surface area contributed by atoms with Crippen molar-refractivity contribution in [3.05, 3.63) is 58.5 Å². The van der Waals surface area contributed by atoms with Crippen molar-refractivity contribution < 1.29 is 19.2 Å². The van der Waals surface area contributed by atoms with E-state index < -0.39 is 5.91 Å². The SMILES string of the molecule is O=C(CCCNC(=O)c1ccc(/C=C/c2ccc(Cl)cc2)o1)NO. The Hall–Kier alpha value is -2.57. The molecule has 0 spiro atoms. The predicted molar refractivity (Wildman–Crippen MR) is 90.6 cm³/mol. The molecule has 2 rings (SSSR count). The van der Waals surface area contributed by atoms with Crippen LogP contribution in [0.25, 0.3) is 12.2 Å². The van der Waals surface area contributed by atoms with Crippen molar-refractivity contribution in [1.82, 2.24) is 10.8 Å². The molecule has 0 saturated carbocycles. The average Bonchev–Trinajstić information content (AvgIpc) is 3.07. The lowest BCUT2D eigenvalue weighted by atomic mass is 10.2. The third-order valence-electron chi connectivity index (χ3n) is 3.15. The first-order valence-electron chi connectivity index (χ1n) is 7.33. The van der Waals surface area contributed by atoms with Crippen LogP contribution >= 0.6 is 11.6 Å². The molecule has 0 aliphatic rings. The van der Waals surface area contributed by atoms with Crippen LogP contribution < -0.4 is 10.8 Å². The zero-order chi connectivity index (χ0) is 17.4. The fourth-order valence-electron chi connectivity index (χ4n) is 1.91. The monoisotopic (exact) mass is 348 g/mol. The Morgan fingerprint density at radius 1 is 1.12 bits per heavy atom. The van der Waals surface area contributed by atoms with Gasteiger partial charge in [-0.3, -0.25) is 14.8 Å². The van der Waals surface area contributed by atoms with Gasteiger partial charge in [0.15, 0.2) is 5.76 Å². The van der Waals surface area contributed by atoms with Gasteiger partial charge in [-0.2, -0.15) is 0 Å². The molecule has 1 aromatic heterocycles. The third-order valence-corrected chi connectivity index (χ3v) is 3.40. The summed E-state index contributed by atoms with van der Waals surface area (Å²) in [5, 5.41) is 11.7. The van der Waals surface area contributed by atoms with Crippen molar-refractivity contribution in [1.29, 1.82) is 0 Å². The quantitative estimate of drug-likeness (QED) is 0.407. The summed E-state index contributed by atoms with van der Waals surface area (Å²) in [5.41, 5.74) is 2.50. The van der Waals surface area contributed by atoms with E-state index in [9.17, 15) is 9.59 Å². The first kappa shape index (κ1) is 17.8. The normalized spacial score (nSPS) is 10.8. The van der Waals surface area contributed by atoms with Crippen LogP contribution in [0.4, 0.5) is 0 Å². The predicted octanol–water partition coefficient (Wildman–Crippen LogP) is 3.12. The number of hydroxylamine groups is 1. The van der Waals surface area contributed by atoms with Gasteiger partial charge in [0.1, 0.15) is 5.76 Å². The zero-order valence-corrected chi connectivity index (χ0v) is 13.5. The summed E-state index contributed by atoms with van der Waals surface area (Å²) in [6, 6.07) is 10.6. The molecule has 2 aromatic rings. The Kier molecular flexibility index (Phi) is 6.60. The summed E-state index contributed by atoms with van der Waals surface area (Å²) in [4.78, 5) is 22.7. The minimum absolute atomic E-state index is 0.129. The van der Waals surface area contributed by atoms with E-state index in [4.69, 9.17) is 21.2 Å². The average molecular weight is 349 g/mol. The summed E-state index contributed by atoms with van der Waals surface area (Å²) >= 11 is 5.82. The molecule has 2 amide bonds. The molecule has 1 heterocycles. The van der Waals surface area contributed by atoms with E-state index in [1.807, 2.05) is 18.2 Å². The first-order chi connectivity index (χ1) is 11.6. The van der Waals surface area contributed by atoms with Crippen molar-refractivity contribution in [3.8, 4) is 0 Å². The van der Waals surface area contributed by atoms with Crippen molar-refractivity contribution >= 4 is 35.6 Å². The molecule has 0 aliphatic carbocycles. The molecule has 0 atom stereocenters. The van der Waals surface area contributed by atoms with E-state index in [0.717, 1.165) is 5.56 Å². The van der Waals surface area contributed by atoms with Gasteiger partial charge < -0.3 is 9.73 Å². The molecule has 0 saturated heterocycles. The molecule has 0 aliphatic heterocycles. The van der Waals surface area contributed by atoms with Crippen LogP contribution in [0, 0.1) is 0 Å². The lowest BCUT2D eigenvalue weighted by molar-refractivity contribution is -0.129. The molecule has 7 heteroatoms. The number of nitrogens with one attached hydrogen (secondary N) is 2. The molecule has 126 valence electrons. The Balaban J connectivity index is 1.84. The number of halogens is 1. The highest BCUT2D eigenvalue weighted by molar-refractivity contribution is 6.30. The molecule has 0 unspecified atom stereocenters. The van der Waals surface area contributed by atoms with Crippen molar-refractivity contribution in [2.75, 3.05) is 6.54 Å². The number of rotatable bonds is 7. The van der Waals surface area contributed by atoms with Gasteiger partial charge in [-0.25, -0.2) is 5.48 Å². The maximum absolute atomic E-state index is 11.9. The third kappa shape index (κ3) is 5.57. The van der Waals surface area contributed by atoms with Crippen LogP contribution in [-0.4, -0.2) is 23.6 Å². The lowest BCUT2D eigenvalue weighted by Gasteiger charge is -2.02. The van der Waals surface area contributed by atoms with Crippen LogP contribution in [0.2, 0.25) is 5.02 Å². The molecule has 3 N–H and O–H groups in total. The summed E-state index contributed by atoms with van der Waals surface area (Å²) in [5.74, 6) is -0.102. The Morgan fingerprint density at radius 3 is 2.58 bits per heavy atom. The summed E-state index contributed by atoms with van der Waals surface area (Å²) in [7, 11) is 0. The van der Waals surface area contributed by atoms with Crippen LogP contribution in [0.15, 0.2) is 40.8 Å². The minimum atomic E-state index is -0.489. The van der Waals surface area contributed by atoms with Crippen LogP contribution in [0.3, 0.4) is 0 Å². The van der Waals surface area contributed by atoms with Gasteiger partial charge in [-0.05, 0) is 42.3 Å². The van der Waals surface area contributed by atoms with Crippen molar-refractivity contribution in [2.45, 2.75) is 12.8 Å². The van der Waals surface area contributed by atoms with Gasteiger partial charge in [0.25, 0.3) is 5.91 Å². The Morgan fingerprint density at radius 2 is 1.88 bits per heavy atom. The Labute approximate surface area is 144 Å². The number of amides is 2. The molecule has 0 radical (unpaired) electrons. The van der Waals surface area contributed by atoms with Crippen LogP contribution in [0.5, 0.6) is 0 Å². The number of hydrogen-bond donors (Lipinski definition) is 3. The van der Waals surface area contributed by atoms with Crippen molar-refractivity contribution in [3.63, 3.8) is 0 Å². The van der Waals surface area contributed by atoms with Gasteiger partial charge in [-0.1, -0.05) is 29.8 Å². The maximum Gasteiger partial charge on any atom is 0.287 e. The summed E-state index contributed by atoms with van der Waals surface area (Å²) < 4.78 is 5.45. The van der Waals surface area contributed by atoms with Gasteiger partial charge in [0.05, 0.1) is 0 Å². The van der Waals surface area contributed by atoms with Gasteiger partial charge in [-0.15, -0.1) is 0 Å². The summed E-state index contributed by atoms with van der Waals surface area (Å²) in [6.07, 6.45) is 4.15. The largest absolute Gasteiger partial charge is 0.452 e. The highest BCUT2D eigenvalue weighted by Crippen LogP contribution is 2.14. The number of furan rings is 1. The fourth-order valence-corrected chi connectivity index (χ4v) is 2.04. The van der Waals surface area contributed by atoms with Crippen LogP contribution in [-0.2, 0) is 4.79 Å². The number of benzene rings is 1. The van der Waals surface area contributed by atoms with Gasteiger partial charge >= 0.3 is 0 Å². The molecular formula is C17H17ClN2O4. The second kappa shape index (κ2) is 8.90. The lowest BCUT2D eigenvalue weighted by Crippen LogP contribution is -2.26. The van der Waals surface area contributed by atoms with E-state index in [1.165, 1.54) is 5.48 Å². The second-order valence-corrected chi connectivity index (χ2v) is 5.42. The van der Waals surface area contributed by atoms with E-state index in [2.05, 4.69) is 5.32 Å². The molecule has 24 heavy (non-hydrogen) atoms. The maximum atomic E-state index is 11.9. The van der Waals surface area contributed by atoms with E-state index >= 15 is 0 Å². The zero-order valence-electron chi connectivity index (χ0n) is 12.8. The molecule has 0 bridgehead atoms. The van der Waals surface area contributed by atoms with Gasteiger partial charge in [0, 0.05) is 18.0 Å². The van der Waals surface area contributed by atoms with Crippen LogP contribution in [0.1, 0.15) is 34.7 Å². The standard InChI is InChI=1S/C17H17ClN2O4/c18-13-6-3-12(4-7-13)5-8-14-9-10-15(24-14)17(22)19-11-1-2-16(21)20-23/h3-10,23H,1-2,11H2,(H,19,22)(H,20,21)/b8-5+. The molecule has 0 fully saturated rings. The fraction of sp³-hybridized carbons (Fsp3) is 0.176. The van der Waals surface area contributed by atoms with E-state index in [-0.39, 0.29) is 18.1 Å². The molecule has 1 aromatic carbocycles. The number of carbonyl (C=O) groups excluding carboxylic acids is 2. The first-order valence-corrected chi connectivity index (χ1v) is 7.71. The topological polar surface area (TPSA) is 91.6 Å². The highest BCUT2D eigenvalue weighted by atomic mass is 35.5. The minimum Gasteiger partial charge on any atom is -0.452 e. The number of carbonyl (C=O) groups is 2. The van der Waals surface area contributed by atoms with E-state index in [0.29, 0.717) is 23.7 Å². The second-order valence-electron chi connectivity index (χ2n) is 4.98. The summed E-state index contributed by atoms with van der Waals surface area (Å²) in [6.45, 7) is 0.308. The highest BCUT2D eigenvalue weighted by Gasteiger charge is 2.09. The molecule has 6 nitrogen and oxygen atoms in total. The van der Waals surface area contributed by atoms with Crippen molar-refractivity contribution in [2.24, 2.45) is 0 Å². The molecular weight excluding hydrogens is 332 g/mol.